The van der Waals surface area contributed by atoms with Crippen molar-refractivity contribution >= 4 is 27.6 Å². The molecule has 35 heavy (non-hydrogen) atoms. The van der Waals surface area contributed by atoms with Crippen molar-refractivity contribution in [3.8, 4) is 11.5 Å². The van der Waals surface area contributed by atoms with Gasteiger partial charge in [-0.3, -0.25) is 10.1 Å². The van der Waals surface area contributed by atoms with Gasteiger partial charge in [-0.05, 0) is 31.2 Å². The van der Waals surface area contributed by atoms with Crippen LogP contribution in [0.25, 0.3) is 0 Å². The van der Waals surface area contributed by atoms with Crippen LogP contribution < -0.4 is 19.5 Å². The molecule has 2 aromatic carbocycles. The van der Waals surface area contributed by atoms with Crippen LogP contribution in [0.15, 0.2) is 47.4 Å². The first-order valence-corrected chi connectivity index (χ1v) is 12.3. The van der Waals surface area contributed by atoms with E-state index in [-0.39, 0.29) is 29.6 Å². The third kappa shape index (κ3) is 5.40. The fraction of sp³-hybridized carbons (Fsp3) is 0.391. The number of fused-ring (bicyclic) bond motifs is 1. The zero-order chi connectivity index (χ0) is 25.2. The number of Topliss-reactive ketones (excluding diaryl/α,β-unsaturated/α-hetero) is 1. The fourth-order valence-corrected chi connectivity index (χ4v) is 5.44. The lowest BCUT2D eigenvalue weighted by molar-refractivity contribution is 0.00883. The highest BCUT2D eigenvalue weighted by Gasteiger charge is 2.50. The van der Waals surface area contributed by atoms with Crippen molar-refractivity contribution in [2.45, 2.75) is 36.2 Å². The highest BCUT2D eigenvalue weighted by Crippen LogP contribution is 2.32. The Morgan fingerprint density at radius 2 is 1.77 bits per heavy atom. The highest BCUT2D eigenvalue weighted by molar-refractivity contribution is 7.89. The third-order valence-electron chi connectivity index (χ3n) is 5.75. The zero-order valence-corrected chi connectivity index (χ0v) is 20.2. The number of nitrogens with one attached hydrogen (secondary N) is 2. The molecule has 11 nitrogen and oxygen atoms in total. The summed E-state index contributed by atoms with van der Waals surface area (Å²) >= 11 is 0. The first-order chi connectivity index (χ1) is 16.7. The molecule has 1 amide bonds. The van der Waals surface area contributed by atoms with Crippen molar-refractivity contribution in [3.05, 3.63) is 48.0 Å². The average molecular weight is 507 g/mol. The maximum Gasteiger partial charge on any atom is 0.412 e. The summed E-state index contributed by atoms with van der Waals surface area (Å²) in [4.78, 5) is 23.9. The van der Waals surface area contributed by atoms with Crippen LogP contribution in [0.2, 0.25) is 0 Å². The van der Waals surface area contributed by atoms with E-state index in [0.29, 0.717) is 17.0 Å². The maximum absolute atomic E-state index is 13.1. The molecule has 0 radical (unpaired) electrons. The molecule has 2 N–H and O–H groups in total. The van der Waals surface area contributed by atoms with Gasteiger partial charge in [0.15, 0.2) is 11.9 Å². The van der Waals surface area contributed by atoms with Crippen LogP contribution in [0.4, 0.5) is 10.5 Å². The van der Waals surface area contributed by atoms with E-state index in [1.807, 2.05) is 0 Å². The second kappa shape index (κ2) is 10.2. The van der Waals surface area contributed by atoms with Crippen LogP contribution in [0.3, 0.4) is 0 Å². The van der Waals surface area contributed by atoms with Gasteiger partial charge in [-0.25, -0.2) is 17.9 Å². The molecule has 0 aromatic heterocycles. The zero-order valence-electron chi connectivity index (χ0n) is 19.3. The summed E-state index contributed by atoms with van der Waals surface area (Å²) in [6, 6.07) is 10.2. The van der Waals surface area contributed by atoms with Crippen LogP contribution in [0.5, 0.6) is 11.5 Å². The second-order valence-corrected chi connectivity index (χ2v) is 9.73. The summed E-state index contributed by atoms with van der Waals surface area (Å²) in [7, 11) is -1.20. The van der Waals surface area contributed by atoms with Crippen LogP contribution in [-0.2, 0) is 24.2 Å². The molecule has 4 atom stereocenters. The Morgan fingerprint density at radius 3 is 2.49 bits per heavy atom. The molecule has 0 aliphatic carbocycles. The van der Waals surface area contributed by atoms with E-state index in [0.717, 1.165) is 0 Å². The molecule has 0 bridgehead atoms. The van der Waals surface area contributed by atoms with Crippen molar-refractivity contribution in [2.75, 3.05) is 32.8 Å². The standard InChI is InChI=1S/C23H26N2O9S/c1-13(26)14-5-4-6-15(9-14)24-23(27)34-19-12-33-21-17(11-32-22(19)21)25-35(28,29)20-10-16(30-2)7-8-18(20)31-3/h4-10,17,19,21-22,25H,11-12H2,1-3H3,(H,24,27)/t17-,19+,21+,22+/m0/s1. The quantitative estimate of drug-likeness (QED) is 0.515. The second-order valence-electron chi connectivity index (χ2n) is 8.05. The predicted octanol–water partition coefficient (Wildman–Crippen LogP) is 1.97. The molecule has 188 valence electrons. The van der Waals surface area contributed by atoms with Gasteiger partial charge < -0.3 is 23.7 Å². The number of amides is 1. The van der Waals surface area contributed by atoms with E-state index in [9.17, 15) is 18.0 Å². The number of ether oxygens (including phenoxy) is 5. The number of sulfonamides is 1. The van der Waals surface area contributed by atoms with Gasteiger partial charge in [0, 0.05) is 17.3 Å². The van der Waals surface area contributed by atoms with Crippen molar-refractivity contribution in [2.24, 2.45) is 0 Å². The molecule has 4 rings (SSSR count). The molecule has 2 aliphatic rings. The van der Waals surface area contributed by atoms with E-state index in [1.165, 1.54) is 33.3 Å². The molecule has 2 aromatic rings. The Bertz CT molecular complexity index is 1220. The average Bonchev–Trinajstić information content (AvgIpc) is 3.41. The molecule has 0 saturated carbocycles. The molecule has 2 aliphatic heterocycles. The van der Waals surface area contributed by atoms with Crippen molar-refractivity contribution in [3.63, 3.8) is 0 Å². The number of hydrogen-bond acceptors (Lipinski definition) is 9. The molecule has 0 unspecified atom stereocenters. The van der Waals surface area contributed by atoms with Gasteiger partial charge in [-0.15, -0.1) is 0 Å². The van der Waals surface area contributed by atoms with Gasteiger partial charge in [-0.1, -0.05) is 12.1 Å². The van der Waals surface area contributed by atoms with Crippen LogP contribution in [-0.4, -0.2) is 72.1 Å². The molecular weight excluding hydrogens is 480 g/mol. The Morgan fingerprint density at radius 1 is 1.00 bits per heavy atom. The molecular formula is C23H26N2O9S. The Labute approximate surface area is 202 Å². The molecule has 0 spiro atoms. The SMILES string of the molecule is COc1ccc(OC)c(S(=O)(=O)N[C@H]2CO[C@H]3[C@@H]2OC[C@H]3OC(=O)Nc2cccc(C(C)=O)c2)c1. The van der Waals surface area contributed by atoms with E-state index < -0.39 is 40.5 Å². The number of rotatable bonds is 8. The van der Waals surface area contributed by atoms with E-state index in [4.69, 9.17) is 23.7 Å². The number of carbonyl (C=O) groups is 2. The molecule has 2 heterocycles. The monoisotopic (exact) mass is 506 g/mol. The summed E-state index contributed by atoms with van der Waals surface area (Å²) in [5.74, 6) is 0.387. The normalized spacial score (nSPS) is 23.4. The van der Waals surface area contributed by atoms with E-state index in [1.54, 1.807) is 30.3 Å². The lowest BCUT2D eigenvalue weighted by Crippen LogP contribution is -2.44. The highest BCUT2D eigenvalue weighted by atomic mass is 32.2. The smallest absolute Gasteiger partial charge is 0.412 e. The van der Waals surface area contributed by atoms with Gasteiger partial charge in [0.1, 0.15) is 28.6 Å². The fourth-order valence-electron chi connectivity index (χ4n) is 4.02. The lowest BCUT2D eigenvalue weighted by atomic mass is 10.1. The van der Waals surface area contributed by atoms with Gasteiger partial charge in [-0.2, -0.15) is 0 Å². The largest absolute Gasteiger partial charge is 0.497 e. The summed E-state index contributed by atoms with van der Waals surface area (Å²) < 4.78 is 56.0. The third-order valence-corrected chi connectivity index (χ3v) is 7.26. The Balaban J connectivity index is 1.40. The minimum atomic E-state index is -4.01. The minimum absolute atomic E-state index is 0.0307. The van der Waals surface area contributed by atoms with Gasteiger partial charge in [0.25, 0.3) is 0 Å². The number of methoxy groups -OCH3 is 2. The maximum atomic E-state index is 13.1. The summed E-state index contributed by atoms with van der Waals surface area (Å²) in [5.41, 5.74) is 0.859. The van der Waals surface area contributed by atoms with Gasteiger partial charge in [0.2, 0.25) is 10.0 Å². The van der Waals surface area contributed by atoms with E-state index in [2.05, 4.69) is 10.0 Å². The van der Waals surface area contributed by atoms with Crippen LogP contribution >= 0.6 is 0 Å². The van der Waals surface area contributed by atoms with Gasteiger partial charge >= 0.3 is 6.09 Å². The number of benzene rings is 2. The number of hydrogen-bond donors (Lipinski definition) is 2. The topological polar surface area (TPSA) is 138 Å². The minimum Gasteiger partial charge on any atom is -0.497 e. The Hall–Kier alpha value is -3.19. The van der Waals surface area contributed by atoms with Crippen LogP contribution in [0.1, 0.15) is 17.3 Å². The molecule has 2 fully saturated rings. The lowest BCUT2D eigenvalue weighted by Gasteiger charge is -2.19. The van der Waals surface area contributed by atoms with Crippen LogP contribution in [0, 0.1) is 0 Å². The molecule has 12 heteroatoms. The first-order valence-electron chi connectivity index (χ1n) is 10.8. The summed E-state index contributed by atoms with van der Waals surface area (Å²) in [6.07, 6.45) is -2.78. The number of carbonyl (C=O) groups excluding carboxylic acids is 2. The van der Waals surface area contributed by atoms with Crippen molar-refractivity contribution < 1.29 is 41.7 Å². The summed E-state index contributed by atoms with van der Waals surface area (Å²) in [6.45, 7) is 1.50. The Kier molecular flexibility index (Phi) is 7.26. The first kappa shape index (κ1) is 24.9. The van der Waals surface area contributed by atoms with Crippen molar-refractivity contribution in [1.29, 1.82) is 0 Å². The summed E-state index contributed by atoms with van der Waals surface area (Å²) in [5, 5.41) is 2.58. The van der Waals surface area contributed by atoms with Crippen molar-refractivity contribution in [1.82, 2.24) is 4.72 Å². The predicted molar refractivity (Wildman–Crippen MR) is 123 cm³/mol. The number of anilines is 1. The molecule has 2 saturated heterocycles. The number of ketones is 1. The van der Waals surface area contributed by atoms with Gasteiger partial charge in [0.05, 0.1) is 33.5 Å². The van der Waals surface area contributed by atoms with E-state index >= 15 is 0 Å².